The van der Waals surface area contributed by atoms with Gasteiger partial charge in [0.05, 0.1) is 17.5 Å². The Labute approximate surface area is 178 Å². The average molecular weight is 449 g/mol. The molecule has 164 valence electrons. The number of amides is 3. The maximum absolute atomic E-state index is 13.3. The fraction of sp³-hybridized carbons (Fsp3) is 0.250. The molecular formula is C20H20FN3O6S. The van der Waals surface area contributed by atoms with E-state index in [1.54, 1.807) is 30.3 Å². The summed E-state index contributed by atoms with van der Waals surface area (Å²) in [5.41, 5.74) is 0.656. The van der Waals surface area contributed by atoms with Gasteiger partial charge in [0.15, 0.2) is 6.61 Å². The lowest BCUT2D eigenvalue weighted by Crippen LogP contribution is -2.41. The van der Waals surface area contributed by atoms with Gasteiger partial charge in [-0.3, -0.25) is 9.59 Å². The summed E-state index contributed by atoms with van der Waals surface area (Å²) in [6.07, 6.45) is -1.00. The van der Waals surface area contributed by atoms with Crippen molar-refractivity contribution in [2.75, 3.05) is 19.7 Å². The number of hydrogen-bond acceptors (Lipinski definition) is 6. The van der Waals surface area contributed by atoms with E-state index in [1.807, 2.05) is 0 Å². The number of cyclic esters (lactones) is 1. The summed E-state index contributed by atoms with van der Waals surface area (Å²) in [4.78, 5) is 36.7. The highest BCUT2D eigenvalue weighted by Gasteiger charge is 2.33. The number of carbonyl (C=O) groups is 3. The molecule has 2 N–H and O–H groups in total. The van der Waals surface area contributed by atoms with Gasteiger partial charge in [-0.15, -0.1) is 0 Å². The highest BCUT2D eigenvalue weighted by molar-refractivity contribution is 7.89. The summed E-state index contributed by atoms with van der Waals surface area (Å²) in [6.45, 7) is -0.699. The van der Waals surface area contributed by atoms with E-state index in [9.17, 15) is 27.2 Å². The van der Waals surface area contributed by atoms with Crippen LogP contribution in [0.2, 0.25) is 0 Å². The zero-order valence-electron chi connectivity index (χ0n) is 16.3. The SMILES string of the molecule is O=C(CCNS(=O)(=O)c1cccc(F)c1)NC(CN1C(=O)COC1=O)c1ccccc1. The van der Waals surface area contributed by atoms with E-state index in [2.05, 4.69) is 10.0 Å². The summed E-state index contributed by atoms with van der Waals surface area (Å²) in [7, 11) is -3.98. The topological polar surface area (TPSA) is 122 Å². The maximum Gasteiger partial charge on any atom is 0.417 e. The molecule has 2 aromatic rings. The molecule has 0 radical (unpaired) electrons. The summed E-state index contributed by atoms with van der Waals surface area (Å²) in [6, 6.07) is 12.5. The van der Waals surface area contributed by atoms with E-state index in [1.165, 1.54) is 12.1 Å². The third-order valence-corrected chi connectivity index (χ3v) is 5.95. The van der Waals surface area contributed by atoms with Crippen molar-refractivity contribution in [3.8, 4) is 0 Å². The minimum atomic E-state index is -3.98. The van der Waals surface area contributed by atoms with Gasteiger partial charge in [0.1, 0.15) is 5.82 Å². The summed E-state index contributed by atoms with van der Waals surface area (Å²) in [5.74, 6) is -1.71. The van der Waals surface area contributed by atoms with Crippen LogP contribution in [0.5, 0.6) is 0 Å². The molecule has 0 aromatic heterocycles. The van der Waals surface area contributed by atoms with Crippen LogP contribution in [0.3, 0.4) is 0 Å². The molecule has 0 saturated carbocycles. The van der Waals surface area contributed by atoms with Gasteiger partial charge in [0.2, 0.25) is 15.9 Å². The van der Waals surface area contributed by atoms with Crippen LogP contribution in [0.1, 0.15) is 18.0 Å². The molecule has 1 aliphatic rings. The first kappa shape index (κ1) is 22.4. The number of nitrogens with zero attached hydrogens (tertiary/aromatic N) is 1. The number of carbonyl (C=O) groups excluding carboxylic acids is 3. The molecule has 0 aliphatic carbocycles. The Morgan fingerprint density at radius 1 is 1.13 bits per heavy atom. The lowest BCUT2D eigenvalue weighted by atomic mass is 10.1. The number of hydrogen-bond donors (Lipinski definition) is 2. The number of imide groups is 1. The van der Waals surface area contributed by atoms with Gasteiger partial charge in [0, 0.05) is 13.0 Å². The van der Waals surface area contributed by atoms with Crippen LogP contribution < -0.4 is 10.0 Å². The molecular weight excluding hydrogens is 429 g/mol. The van der Waals surface area contributed by atoms with Gasteiger partial charge in [-0.2, -0.15) is 0 Å². The average Bonchev–Trinajstić information content (AvgIpc) is 3.06. The molecule has 3 amide bonds. The molecule has 2 aromatic carbocycles. The molecule has 0 spiro atoms. The van der Waals surface area contributed by atoms with Crippen molar-refractivity contribution in [3.05, 3.63) is 66.0 Å². The number of ether oxygens (including phenoxy) is 1. The molecule has 1 aliphatic heterocycles. The molecule has 1 saturated heterocycles. The second kappa shape index (κ2) is 9.67. The molecule has 9 nitrogen and oxygen atoms in total. The zero-order valence-corrected chi connectivity index (χ0v) is 17.1. The number of sulfonamides is 1. The predicted molar refractivity (Wildman–Crippen MR) is 107 cm³/mol. The third kappa shape index (κ3) is 5.86. The van der Waals surface area contributed by atoms with E-state index in [4.69, 9.17) is 4.74 Å². The Balaban J connectivity index is 1.61. The van der Waals surface area contributed by atoms with Crippen LogP contribution in [0.25, 0.3) is 0 Å². The standard InChI is InChI=1S/C20H20FN3O6S/c21-15-7-4-8-16(11-15)31(28,29)22-10-9-18(25)23-17(14-5-2-1-3-6-14)12-24-19(26)13-30-20(24)27/h1-8,11,17,22H,9-10,12-13H2,(H,23,25). The lowest BCUT2D eigenvalue weighted by Gasteiger charge is -2.23. The van der Waals surface area contributed by atoms with Crippen molar-refractivity contribution in [2.45, 2.75) is 17.4 Å². The minimum Gasteiger partial charge on any atom is -0.439 e. The first-order valence-electron chi connectivity index (χ1n) is 9.33. The first-order valence-corrected chi connectivity index (χ1v) is 10.8. The van der Waals surface area contributed by atoms with Crippen molar-refractivity contribution >= 4 is 27.9 Å². The fourth-order valence-corrected chi connectivity index (χ4v) is 4.01. The second-order valence-electron chi connectivity index (χ2n) is 6.69. The molecule has 31 heavy (non-hydrogen) atoms. The highest BCUT2D eigenvalue weighted by atomic mass is 32.2. The van der Waals surface area contributed by atoms with E-state index in [-0.39, 0.29) is 31.0 Å². The van der Waals surface area contributed by atoms with Gasteiger partial charge >= 0.3 is 6.09 Å². The van der Waals surface area contributed by atoms with Gasteiger partial charge in [-0.05, 0) is 23.8 Å². The second-order valence-corrected chi connectivity index (χ2v) is 8.46. The molecule has 1 unspecified atom stereocenters. The summed E-state index contributed by atoms with van der Waals surface area (Å²) < 4.78 is 44.6. The van der Waals surface area contributed by atoms with Crippen molar-refractivity contribution in [1.29, 1.82) is 0 Å². The van der Waals surface area contributed by atoms with E-state index in [0.717, 1.165) is 17.0 Å². The smallest absolute Gasteiger partial charge is 0.417 e. The Kier molecular flexibility index (Phi) is 6.98. The van der Waals surface area contributed by atoms with Gasteiger partial charge in [0.25, 0.3) is 5.91 Å². The van der Waals surface area contributed by atoms with Crippen molar-refractivity contribution < 1.29 is 31.9 Å². The number of benzene rings is 2. The van der Waals surface area contributed by atoms with Crippen molar-refractivity contribution in [2.24, 2.45) is 0 Å². The molecule has 0 bridgehead atoms. The Morgan fingerprint density at radius 2 is 1.87 bits per heavy atom. The van der Waals surface area contributed by atoms with Crippen LogP contribution in [-0.2, 0) is 24.3 Å². The largest absolute Gasteiger partial charge is 0.439 e. The Hall–Kier alpha value is -3.31. The van der Waals surface area contributed by atoms with Gasteiger partial charge in [-0.25, -0.2) is 27.2 Å². The number of rotatable bonds is 9. The number of nitrogens with one attached hydrogen (secondary N) is 2. The van der Waals surface area contributed by atoms with Crippen molar-refractivity contribution in [1.82, 2.24) is 14.9 Å². The Morgan fingerprint density at radius 3 is 2.52 bits per heavy atom. The number of halogens is 1. The lowest BCUT2D eigenvalue weighted by molar-refractivity contribution is -0.127. The van der Waals surface area contributed by atoms with Crippen LogP contribution in [0.4, 0.5) is 9.18 Å². The fourth-order valence-electron chi connectivity index (χ4n) is 2.94. The third-order valence-electron chi connectivity index (χ3n) is 4.49. The first-order chi connectivity index (χ1) is 14.8. The monoisotopic (exact) mass is 449 g/mol. The van der Waals surface area contributed by atoms with Gasteiger partial charge in [-0.1, -0.05) is 36.4 Å². The quantitative estimate of drug-likeness (QED) is 0.596. The Bertz CT molecular complexity index is 1060. The molecule has 11 heteroatoms. The minimum absolute atomic E-state index is 0.123. The van der Waals surface area contributed by atoms with E-state index in [0.29, 0.717) is 5.56 Å². The predicted octanol–water partition coefficient (Wildman–Crippen LogP) is 1.33. The summed E-state index contributed by atoms with van der Waals surface area (Å²) in [5, 5.41) is 2.70. The van der Waals surface area contributed by atoms with Crippen LogP contribution in [0, 0.1) is 5.82 Å². The van der Waals surface area contributed by atoms with Crippen LogP contribution >= 0.6 is 0 Å². The molecule has 3 rings (SSSR count). The van der Waals surface area contributed by atoms with Gasteiger partial charge < -0.3 is 10.1 Å². The molecule has 1 atom stereocenters. The maximum atomic E-state index is 13.3. The summed E-state index contributed by atoms with van der Waals surface area (Å²) >= 11 is 0. The normalized spacial score (nSPS) is 14.9. The molecule has 1 heterocycles. The van der Waals surface area contributed by atoms with E-state index < -0.39 is 39.8 Å². The molecule has 1 fully saturated rings. The van der Waals surface area contributed by atoms with Crippen LogP contribution in [0.15, 0.2) is 59.5 Å². The van der Waals surface area contributed by atoms with Crippen LogP contribution in [-0.4, -0.2) is 50.9 Å². The van der Waals surface area contributed by atoms with E-state index >= 15 is 0 Å². The highest BCUT2D eigenvalue weighted by Crippen LogP contribution is 2.17. The zero-order chi connectivity index (χ0) is 22.4. The van der Waals surface area contributed by atoms with Crippen molar-refractivity contribution in [3.63, 3.8) is 0 Å².